The molecule has 2 aromatic rings. The molecule has 0 saturated heterocycles. The molecule has 0 bridgehead atoms. The first-order chi connectivity index (χ1) is 10.9. The molecule has 0 saturated carbocycles. The Bertz CT molecular complexity index is 718. The highest BCUT2D eigenvalue weighted by Gasteiger charge is 2.22. The van der Waals surface area contributed by atoms with Crippen LogP contribution in [-0.4, -0.2) is 25.5 Å². The Morgan fingerprint density at radius 1 is 1.09 bits per heavy atom. The average molecular weight is 319 g/mol. The van der Waals surface area contributed by atoms with Gasteiger partial charge in [0.05, 0.1) is 23.4 Å². The number of nitriles is 1. The van der Waals surface area contributed by atoms with Gasteiger partial charge in [0.15, 0.2) is 0 Å². The van der Waals surface area contributed by atoms with E-state index in [1.165, 1.54) is 30.3 Å². The molecule has 0 aliphatic heterocycles. The van der Waals surface area contributed by atoms with Crippen LogP contribution in [0.4, 0.5) is 18.9 Å². The quantitative estimate of drug-likeness (QED) is 0.913. The number of likely N-dealkylation sites (N-methyl/N-ethyl adjacent to an activating group) is 1. The molecule has 0 radical (unpaired) electrons. The number of benzene rings is 2. The summed E-state index contributed by atoms with van der Waals surface area (Å²) >= 11 is 0. The summed E-state index contributed by atoms with van der Waals surface area (Å²) in [5.74, 6) is -1.88. The minimum Gasteiger partial charge on any atom is -0.381 e. The lowest BCUT2D eigenvalue weighted by atomic mass is 10.0. The second kappa shape index (κ2) is 7.16. The van der Waals surface area contributed by atoms with Gasteiger partial charge in [-0.1, -0.05) is 6.07 Å². The lowest BCUT2D eigenvalue weighted by Crippen LogP contribution is -2.28. The van der Waals surface area contributed by atoms with Crippen LogP contribution in [0.2, 0.25) is 0 Å². The lowest BCUT2D eigenvalue weighted by Gasteiger charge is -2.26. The van der Waals surface area contributed by atoms with Crippen LogP contribution < -0.4 is 5.32 Å². The standard InChI is InChI=1S/C17H16F3N3/c1-23(2)16(17-12(18)4-3-5-13(17)19)10-22-15-7-6-11(9-21)8-14(15)20/h3-8,16,22H,10H2,1-2H3. The number of nitrogens with one attached hydrogen (secondary N) is 1. The predicted molar refractivity (Wildman–Crippen MR) is 82.4 cm³/mol. The summed E-state index contributed by atoms with van der Waals surface area (Å²) in [5, 5.41) is 11.6. The molecule has 1 N–H and O–H groups in total. The van der Waals surface area contributed by atoms with Gasteiger partial charge in [-0.2, -0.15) is 5.26 Å². The topological polar surface area (TPSA) is 39.1 Å². The van der Waals surface area contributed by atoms with Crippen molar-refractivity contribution in [2.45, 2.75) is 6.04 Å². The van der Waals surface area contributed by atoms with E-state index in [2.05, 4.69) is 5.32 Å². The molecule has 23 heavy (non-hydrogen) atoms. The summed E-state index contributed by atoms with van der Waals surface area (Å²) in [6.07, 6.45) is 0. The summed E-state index contributed by atoms with van der Waals surface area (Å²) in [6, 6.07) is 8.92. The Kier molecular flexibility index (Phi) is 5.24. The van der Waals surface area contributed by atoms with E-state index in [1.54, 1.807) is 19.0 Å². The van der Waals surface area contributed by atoms with Crippen molar-refractivity contribution < 1.29 is 13.2 Å². The van der Waals surface area contributed by atoms with Crippen molar-refractivity contribution in [3.63, 3.8) is 0 Å². The molecular weight excluding hydrogens is 303 g/mol. The fourth-order valence-corrected chi connectivity index (χ4v) is 2.31. The van der Waals surface area contributed by atoms with Gasteiger partial charge in [-0.3, -0.25) is 0 Å². The molecule has 1 atom stereocenters. The maximum atomic E-state index is 14.0. The number of hydrogen-bond donors (Lipinski definition) is 1. The summed E-state index contributed by atoms with van der Waals surface area (Å²) < 4.78 is 41.8. The molecule has 2 aromatic carbocycles. The van der Waals surface area contributed by atoms with E-state index in [4.69, 9.17) is 5.26 Å². The van der Waals surface area contributed by atoms with Gasteiger partial charge in [-0.15, -0.1) is 0 Å². The second-order valence-corrected chi connectivity index (χ2v) is 5.30. The zero-order chi connectivity index (χ0) is 17.0. The second-order valence-electron chi connectivity index (χ2n) is 5.30. The maximum absolute atomic E-state index is 14.0. The molecule has 3 nitrogen and oxygen atoms in total. The van der Waals surface area contributed by atoms with Crippen molar-refractivity contribution in [3.8, 4) is 6.07 Å². The van der Waals surface area contributed by atoms with E-state index in [0.29, 0.717) is 0 Å². The summed E-state index contributed by atoms with van der Waals surface area (Å²) in [7, 11) is 3.38. The molecule has 0 aliphatic rings. The molecule has 0 aliphatic carbocycles. The van der Waals surface area contributed by atoms with Crippen LogP contribution in [-0.2, 0) is 0 Å². The highest BCUT2D eigenvalue weighted by molar-refractivity contribution is 5.49. The van der Waals surface area contributed by atoms with Gasteiger partial charge >= 0.3 is 0 Å². The van der Waals surface area contributed by atoms with Gasteiger partial charge in [-0.25, -0.2) is 13.2 Å². The molecule has 0 fully saturated rings. The Labute approximate surface area is 133 Å². The average Bonchev–Trinajstić information content (AvgIpc) is 2.50. The first-order valence-corrected chi connectivity index (χ1v) is 6.98. The van der Waals surface area contributed by atoms with Gasteiger partial charge < -0.3 is 10.2 Å². The van der Waals surface area contributed by atoms with Crippen molar-refractivity contribution in [2.24, 2.45) is 0 Å². The SMILES string of the molecule is CN(C)C(CNc1ccc(C#N)cc1F)c1c(F)cccc1F. The van der Waals surface area contributed by atoms with Gasteiger partial charge in [0, 0.05) is 12.1 Å². The van der Waals surface area contributed by atoms with E-state index >= 15 is 0 Å². The first kappa shape index (κ1) is 16.8. The van der Waals surface area contributed by atoms with Crippen molar-refractivity contribution >= 4 is 5.69 Å². The number of nitrogens with zero attached hydrogens (tertiary/aromatic N) is 2. The van der Waals surface area contributed by atoms with Crippen LogP contribution in [0.1, 0.15) is 17.2 Å². The Balaban J connectivity index is 2.23. The smallest absolute Gasteiger partial charge is 0.147 e. The molecule has 120 valence electrons. The monoisotopic (exact) mass is 319 g/mol. The maximum Gasteiger partial charge on any atom is 0.147 e. The fourth-order valence-electron chi connectivity index (χ4n) is 2.31. The van der Waals surface area contributed by atoms with E-state index in [-0.39, 0.29) is 23.4 Å². The first-order valence-electron chi connectivity index (χ1n) is 6.98. The third-order valence-corrected chi connectivity index (χ3v) is 3.54. The van der Waals surface area contributed by atoms with E-state index in [0.717, 1.165) is 6.07 Å². The third kappa shape index (κ3) is 3.82. The van der Waals surface area contributed by atoms with Crippen LogP contribution in [0.25, 0.3) is 0 Å². The highest BCUT2D eigenvalue weighted by Crippen LogP contribution is 2.25. The minimum atomic E-state index is -0.647. The highest BCUT2D eigenvalue weighted by atomic mass is 19.1. The van der Waals surface area contributed by atoms with Crippen molar-refractivity contribution in [1.29, 1.82) is 5.26 Å². The number of halogens is 3. The lowest BCUT2D eigenvalue weighted by molar-refractivity contribution is 0.295. The van der Waals surface area contributed by atoms with Crippen LogP contribution in [0.5, 0.6) is 0 Å². The zero-order valence-corrected chi connectivity index (χ0v) is 12.8. The fraction of sp³-hybridized carbons (Fsp3) is 0.235. The van der Waals surface area contributed by atoms with Crippen LogP contribution in [0.3, 0.4) is 0 Å². The molecule has 1 unspecified atom stereocenters. The minimum absolute atomic E-state index is 0.0703. The summed E-state index contributed by atoms with van der Waals surface area (Å²) in [4.78, 5) is 1.65. The Morgan fingerprint density at radius 2 is 1.74 bits per heavy atom. The molecule has 2 rings (SSSR count). The largest absolute Gasteiger partial charge is 0.381 e. The molecule has 0 heterocycles. The molecule has 6 heteroatoms. The van der Waals surface area contributed by atoms with Crippen LogP contribution >= 0.6 is 0 Å². The van der Waals surface area contributed by atoms with Gasteiger partial charge in [0.2, 0.25) is 0 Å². The summed E-state index contributed by atoms with van der Waals surface area (Å²) in [5.41, 5.74) is 0.309. The number of anilines is 1. The van der Waals surface area contributed by atoms with E-state index in [1.807, 2.05) is 6.07 Å². The van der Waals surface area contributed by atoms with Crippen molar-refractivity contribution in [2.75, 3.05) is 26.0 Å². The van der Waals surface area contributed by atoms with E-state index < -0.39 is 23.5 Å². The van der Waals surface area contributed by atoms with Gasteiger partial charge in [0.1, 0.15) is 17.5 Å². The molecular formula is C17H16F3N3. The van der Waals surface area contributed by atoms with Crippen LogP contribution in [0, 0.1) is 28.8 Å². The Hall–Kier alpha value is -2.52. The Morgan fingerprint density at radius 3 is 2.26 bits per heavy atom. The number of hydrogen-bond acceptors (Lipinski definition) is 3. The molecule has 0 spiro atoms. The molecule has 0 amide bonds. The summed E-state index contributed by atoms with van der Waals surface area (Å²) in [6.45, 7) is 0.105. The predicted octanol–water partition coefficient (Wildman–Crippen LogP) is 3.69. The van der Waals surface area contributed by atoms with Crippen LogP contribution in [0.15, 0.2) is 36.4 Å². The van der Waals surface area contributed by atoms with E-state index in [9.17, 15) is 13.2 Å². The van der Waals surface area contributed by atoms with Crippen molar-refractivity contribution in [3.05, 3.63) is 65.0 Å². The number of rotatable bonds is 5. The van der Waals surface area contributed by atoms with Crippen molar-refractivity contribution in [1.82, 2.24) is 4.90 Å². The third-order valence-electron chi connectivity index (χ3n) is 3.54. The zero-order valence-electron chi connectivity index (χ0n) is 12.8. The molecule has 0 aromatic heterocycles. The van der Waals surface area contributed by atoms with Gasteiger partial charge in [0.25, 0.3) is 0 Å². The van der Waals surface area contributed by atoms with Gasteiger partial charge in [-0.05, 0) is 44.4 Å². The normalized spacial score (nSPS) is 12.0.